The van der Waals surface area contributed by atoms with Crippen molar-refractivity contribution < 1.29 is 4.39 Å². The highest BCUT2D eigenvalue weighted by Gasteiger charge is 2.14. The van der Waals surface area contributed by atoms with Crippen molar-refractivity contribution >= 4 is 11.6 Å². The summed E-state index contributed by atoms with van der Waals surface area (Å²) in [7, 11) is 0. The Morgan fingerprint density at radius 1 is 1.40 bits per heavy atom. The molecule has 15 heavy (non-hydrogen) atoms. The van der Waals surface area contributed by atoms with Crippen LogP contribution < -0.4 is 5.73 Å². The van der Waals surface area contributed by atoms with E-state index in [9.17, 15) is 4.39 Å². The third-order valence-corrected chi connectivity index (χ3v) is 3.43. The molecule has 2 N–H and O–H groups in total. The fourth-order valence-electron chi connectivity index (χ4n) is 1.78. The van der Waals surface area contributed by atoms with E-state index in [1.54, 1.807) is 13.0 Å². The molecule has 1 aromatic rings. The van der Waals surface area contributed by atoms with Gasteiger partial charge in [0, 0.05) is 10.6 Å². The fourth-order valence-corrected chi connectivity index (χ4v) is 1.98. The maximum atomic E-state index is 13.5. The molecule has 1 nitrogen and oxygen atoms in total. The van der Waals surface area contributed by atoms with E-state index >= 15 is 0 Å². The van der Waals surface area contributed by atoms with Crippen molar-refractivity contribution in [1.82, 2.24) is 0 Å². The summed E-state index contributed by atoms with van der Waals surface area (Å²) in [4.78, 5) is 0. The lowest BCUT2D eigenvalue weighted by Crippen LogP contribution is -2.07. The summed E-state index contributed by atoms with van der Waals surface area (Å²) in [6, 6.07) is 1.58. The van der Waals surface area contributed by atoms with Gasteiger partial charge >= 0.3 is 0 Å². The molecule has 0 aliphatic heterocycles. The molecule has 1 aromatic carbocycles. The first-order valence-electron chi connectivity index (χ1n) is 5.14. The van der Waals surface area contributed by atoms with Crippen molar-refractivity contribution in [3.8, 4) is 0 Å². The highest BCUT2D eigenvalue weighted by molar-refractivity contribution is 6.32. The van der Waals surface area contributed by atoms with Gasteiger partial charge in [0.05, 0.1) is 0 Å². The number of benzene rings is 1. The van der Waals surface area contributed by atoms with Gasteiger partial charge in [-0.1, -0.05) is 18.5 Å². The Kier molecular flexibility index (Phi) is 4.12. The Balaban J connectivity index is 3.19. The van der Waals surface area contributed by atoms with Gasteiger partial charge in [0.15, 0.2) is 0 Å². The second-order valence-corrected chi connectivity index (χ2v) is 4.37. The zero-order chi connectivity index (χ0) is 11.6. The lowest BCUT2D eigenvalue weighted by Gasteiger charge is -2.16. The third kappa shape index (κ3) is 2.50. The number of rotatable bonds is 3. The molecule has 0 fully saturated rings. The predicted molar refractivity (Wildman–Crippen MR) is 63.0 cm³/mol. The summed E-state index contributed by atoms with van der Waals surface area (Å²) in [6.45, 7) is 6.27. The van der Waals surface area contributed by atoms with Gasteiger partial charge in [0.2, 0.25) is 0 Å². The van der Waals surface area contributed by atoms with Crippen LogP contribution in [-0.4, -0.2) is 6.54 Å². The van der Waals surface area contributed by atoms with Crippen LogP contribution in [0.25, 0.3) is 0 Å². The highest BCUT2D eigenvalue weighted by Crippen LogP contribution is 2.31. The molecule has 1 rings (SSSR count). The molecule has 0 amide bonds. The Labute approximate surface area is 95.4 Å². The SMILES string of the molecule is Cc1c(F)cc(C(C)CCN)c(C)c1Cl. The molecule has 3 heteroatoms. The van der Waals surface area contributed by atoms with E-state index in [0.29, 0.717) is 17.1 Å². The van der Waals surface area contributed by atoms with E-state index < -0.39 is 0 Å². The summed E-state index contributed by atoms with van der Waals surface area (Å²) >= 11 is 6.06. The van der Waals surface area contributed by atoms with Gasteiger partial charge in [-0.3, -0.25) is 0 Å². The topological polar surface area (TPSA) is 26.0 Å². The molecule has 0 aliphatic rings. The Bertz CT molecular complexity index is 363. The summed E-state index contributed by atoms with van der Waals surface area (Å²) in [5, 5.41) is 0.536. The van der Waals surface area contributed by atoms with Gasteiger partial charge in [0.25, 0.3) is 0 Å². The molecule has 0 bridgehead atoms. The maximum absolute atomic E-state index is 13.5. The second kappa shape index (κ2) is 4.95. The Hall–Kier alpha value is -0.600. The number of hydrogen-bond acceptors (Lipinski definition) is 1. The van der Waals surface area contributed by atoms with Gasteiger partial charge in [-0.2, -0.15) is 0 Å². The molecule has 0 saturated carbocycles. The normalized spacial score (nSPS) is 12.9. The van der Waals surface area contributed by atoms with Crippen LogP contribution in [0.3, 0.4) is 0 Å². The van der Waals surface area contributed by atoms with Crippen molar-refractivity contribution in [2.45, 2.75) is 33.1 Å². The highest BCUT2D eigenvalue weighted by atomic mass is 35.5. The van der Waals surface area contributed by atoms with Crippen LogP contribution in [0.5, 0.6) is 0 Å². The van der Waals surface area contributed by atoms with E-state index in [4.69, 9.17) is 17.3 Å². The second-order valence-electron chi connectivity index (χ2n) is 3.99. The molecule has 0 saturated heterocycles. The summed E-state index contributed by atoms with van der Waals surface area (Å²) in [5.41, 5.74) is 7.96. The van der Waals surface area contributed by atoms with Gasteiger partial charge < -0.3 is 5.73 Å². The number of nitrogens with two attached hydrogens (primary N) is 1. The fraction of sp³-hybridized carbons (Fsp3) is 0.500. The molecule has 84 valence electrons. The van der Waals surface area contributed by atoms with Gasteiger partial charge in [-0.15, -0.1) is 0 Å². The molecule has 0 aliphatic carbocycles. The minimum absolute atomic E-state index is 0.232. The predicted octanol–water partition coefficient (Wildman–Crippen LogP) is 3.55. The number of halogens is 2. The first kappa shape index (κ1) is 12.5. The molecule has 0 aromatic heterocycles. The van der Waals surface area contributed by atoms with Crippen molar-refractivity contribution in [3.63, 3.8) is 0 Å². The molecule has 1 atom stereocenters. The zero-order valence-electron chi connectivity index (χ0n) is 9.40. The monoisotopic (exact) mass is 229 g/mol. The van der Waals surface area contributed by atoms with Crippen LogP contribution in [-0.2, 0) is 0 Å². The van der Waals surface area contributed by atoms with Crippen molar-refractivity contribution in [1.29, 1.82) is 0 Å². The van der Waals surface area contributed by atoms with Gasteiger partial charge in [0.1, 0.15) is 5.82 Å². The van der Waals surface area contributed by atoms with E-state index in [1.807, 2.05) is 13.8 Å². The lowest BCUT2D eigenvalue weighted by atomic mass is 9.92. The Morgan fingerprint density at radius 2 is 2.00 bits per heavy atom. The first-order chi connectivity index (χ1) is 6.99. The largest absolute Gasteiger partial charge is 0.330 e. The van der Waals surface area contributed by atoms with E-state index in [-0.39, 0.29) is 11.7 Å². The quantitative estimate of drug-likeness (QED) is 0.843. The van der Waals surface area contributed by atoms with Crippen LogP contribution in [0.1, 0.15) is 36.0 Å². The average molecular weight is 230 g/mol. The first-order valence-corrected chi connectivity index (χ1v) is 5.52. The minimum atomic E-state index is -0.232. The van der Waals surface area contributed by atoms with Crippen LogP contribution >= 0.6 is 11.6 Å². The standard InChI is InChI=1S/C12H17ClFN/c1-7(4-5-15)10-6-11(14)9(3)12(13)8(10)2/h6-7H,4-5,15H2,1-3H3. The van der Waals surface area contributed by atoms with Gasteiger partial charge in [-0.05, 0) is 49.9 Å². The average Bonchev–Trinajstić information content (AvgIpc) is 2.20. The van der Waals surface area contributed by atoms with Gasteiger partial charge in [-0.25, -0.2) is 4.39 Å². The van der Waals surface area contributed by atoms with Crippen molar-refractivity contribution in [2.75, 3.05) is 6.54 Å². The summed E-state index contributed by atoms with van der Waals surface area (Å²) in [6.07, 6.45) is 0.847. The third-order valence-electron chi connectivity index (χ3n) is 2.86. The van der Waals surface area contributed by atoms with Crippen molar-refractivity contribution in [2.24, 2.45) is 5.73 Å². The molecule has 0 spiro atoms. The zero-order valence-corrected chi connectivity index (χ0v) is 10.2. The molecule has 1 unspecified atom stereocenters. The van der Waals surface area contributed by atoms with Crippen molar-refractivity contribution in [3.05, 3.63) is 33.6 Å². The molecule has 0 radical (unpaired) electrons. The summed E-state index contributed by atoms with van der Waals surface area (Å²) in [5.74, 6) is 0.0204. The smallest absolute Gasteiger partial charge is 0.127 e. The maximum Gasteiger partial charge on any atom is 0.127 e. The Morgan fingerprint density at radius 3 is 2.53 bits per heavy atom. The van der Waals surface area contributed by atoms with E-state index in [0.717, 1.165) is 17.5 Å². The van der Waals surface area contributed by atoms with Crippen LogP contribution in [0, 0.1) is 19.7 Å². The van der Waals surface area contributed by atoms with Crippen LogP contribution in [0.4, 0.5) is 4.39 Å². The van der Waals surface area contributed by atoms with Crippen LogP contribution in [0.15, 0.2) is 6.07 Å². The van der Waals surface area contributed by atoms with E-state index in [1.165, 1.54) is 0 Å². The molecular formula is C12H17ClFN. The number of hydrogen-bond donors (Lipinski definition) is 1. The van der Waals surface area contributed by atoms with Crippen LogP contribution in [0.2, 0.25) is 5.02 Å². The minimum Gasteiger partial charge on any atom is -0.330 e. The molecular weight excluding hydrogens is 213 g/mol. The lowest BCUT2D eigenvalue weighted by molar-refractivity contribution is 0.607. The van der Waals surface area contributed by atoms with E-state index in [2.05, 4.69) is 0 Å². The summed E-state index contributed by atoms with van der Waals surface area (Å²) < 4.78 is 13.5. The molecule has 0 heterocycles.